The molecule has 4 rings (SSSR count). The molecule has 4 aromatic rings. The summed E-state index contributed by atoms with van der Waals surface area (Å²) in [5.41, 5.74) is 4.21. The second-order valence-corrected chi connectivity index (χ2v) is 6.94. The minimum Gasteiger partial charge on any atom is -0.497 e. The fourth-order valence-corrected chi connectivity index (χ4v) is 3.26. The number of amides is 2. The summed E-state index contributed by atoms with van der Waals surface area (Å²) in [6.07, 6.45) is 3.38. The van der Waals surface area contributed by atoms with E-state index < -0.39 is 0 Å². The maximum Gasteiger partial charge on any atom is 0.321 e. The summed E-state index contributed by atoms with van der Waals surface area (Å²) >= 11 is 0. The topological polar surface area (TPSA) is 114 Å². The molecule has 9 heteroatoms. The number of imidazole rings is 1. The third-order valence-electron chi connectivity index (χ3n) is 4.84. The monoisotopic (exact) mass is 434 g/mol. The number of benzene rings is 1. The van der Waals surface area contributed by atoms with E-state index in [4.69, 9.17) is 4.74 Å². The normalized spacial score (nSPS) is 10.5. The number of methoxy groups -OCH3 is 1. The zero-order chi connectivity index (χ0) is 22.0. The lowest BCUT2D eigenvalue weighted by atomic mass is 10.0. The predicted molar refractivity (Wildman–Crippen MR) is 126 cm³/mol. The molecule has 0 fully saturated rings. The first-order valence-corrected chi connectivity index (χ1v) is 9.74. The molecule has 3 aromatic heterocycles. The molecule has 0 saturated heterocycles. The highest BCUT2D eigenvalue weighted by Crippen LogP contribution is 2.33. The van der Waals surface area contributed by atoms with Crippen LogP contribution in [0.3, 0.4) is 0 Å². The Labute approximate surface area is 185 Å². The van der Waals surface area contributed by atoms with Crippen molar-refractivity contribution in [3.05, 3.63) is 59.1 Å². The molecule has 0 unspecified atom stereocenters. The molecular weight excluding hydrogens is 408 g/mol. The van der Waals surface area contributed by atoms with Gasteiger partial charge in [-0.3, -0.25) is 15.1 Å². The number of hydrogen-bond donors (Lipinski definition) is 3. The Morgan fingerprint density at radius 2 is 2.00 bits per heavy atom. The van der Waals surface area contributed by atoms with Gasteiger partial charge in [-0.2, -0.15) is 0 Å². The van der Waals surface area contributed by atoms with Crippen LogP contribution < -0.4 is 20.9 Å². The molecule has 0 bridgehead atoms. The SMILES string of the molecule is C.CCNC(=O)Nc1nc2c(-c3cc(OC)ccn3)cc(-c3ccn(C)c(=O)c3)cc2[nH]1. The van der Waals surface area contributed by atoms with Crippen molar-refractivity contribution in [2.45, 2.75) is 14.4 Å². The van der Waals surface area contributed by atoms with Gasteiger partial charge in [0, 0.05) is 43.7 Å². The van der Waals surface area contributed by atoms with E-state index in [-0.39, 0.29) is 19.0 Å². The Morgan fingerprint density at radius 1 is 1.19 bits per heavy atom. The van der Waals surface area contributed by atoms with E-state index in [2.05, 4.69) is 25.6 Å². The lowest BCUT2D eigenvalue weighted by molar-refractivity contribution is 0.252. The largest absolute Gasteiger partial charge is 0.497 e. The maximum atomic E-state index is 12.2. The van der Waals surface area contributed by atoms with Crippen molar-refractivity contribution in [3.63, 3.8) is 0 Å². The zero-order valence-electron chi connectivity index (χ0n) is 17.4. The highest BCUT2D eigenvalue weighted by molar-refractivity contribution is 5.98. The highest BCUT2D eigenvalue weighted by atomic mass is 16.5. The lowest BCUT2D eigenvalue weighted by Gasteiger charge is -2.09. The number of hydrogen-bond acceptors (Lipinski definition) is 5. The number of carbonyl (C=O) groups is 1. The molecule has 0 aliphatic heterocycles. The van der Waals surface area contributed by atoms with Crippen LogP contribution in [0.25, 0.3) is 33.4 Å². The summed E-state index contributed by atoms with van der Waals surface area (Å²) in [4.78, 5) is 36.3. The average molecular weight is 435 g/mol. The maximum absolute atomic E-state index is 12.2. The molecule has 2 amide bonds. The first-order chi connectivity index (χ1) is 15.0. The minimum atomic E-state index is -0.352. The number of ether oxygens (including phenoxy) is 1. The highest BCUT2D eigenvalue weighted by Gasteiger charge is 2.15. The fourth-order valence-electron chi connectivity index (χ4n) is 3.26. The van der Waals surface area contributed by atoms with E-state index in [9.17, 15) is 9.59 Å². The van der Waals surface area contributed by atoms with Crippen molar-refractivity contribution >= 4 is 23.0 Å². The summed E-state index contributed by atoms with van der Waals surface area (Å²) in [5.74, 6) is 0.972. The van der Waals surface area contributed by atoms with Gasteiger partial charge in [-0.1, -0.05) is 7.43 Å². The number of nitrogens with one attached hydrogen (secondary N) is 3. The van der Waals surface area contributed by atoms with Gasteiger partial charge < -0.3 is 19.6 Å². The van der Waals surface area contributed by atoms with Gasteiger partial charge in [0.25, 0.3) is 5.56 Å². The number of aromatic nitrogens is 4. The zero-order valence-corrected chi connectivity index (χ0v) is 17.4. The van der Waals surface area contributed by atoms with Crippen LogP contribution in [0.2, 0.25) is 0 Å². The number of nitrogens with zero attached hydrogens (tertiary/aromatic N) is 3. The van der Waals surface area contributed by atoms with Gasteiger partial charge in [-0.05, 0) is 42.3 Å². The van der Waals surface area contributed by atoms with E-state index in [1.807, 2.05) is 31.2 Å². The smallest absolute Gasteiger partial charge is 0.321 e. The molecule has 3 heterocycles. The second kappa shape index (κ2) is 9.34. The number of H-pyrrole nitrogens is 1. The molecule has 3 N–H and O–H groups in total. The summed E-state index contributed by atoms with van der Waals surface area (Å²) in [5, 5.41) is 5.37. The molecule has 1 aromatic carbocycles. The van der Waals surface area contributed by atoms with Gasteiger partial charge in [0.2, 0.25) is 5.95 Å². The molecule has 0 saturated carbocycles. The second-order valence-electron chi connectivity index (χ2n) is 6.94. The Balaban J connectivity index is 0.00000289. The number of aromatic amines is 1. The van der Waals surface area contributed by atoms with Gasteiger partial charge in [-0.25, -0.2) is 9.78 Å². The summed E-state index contributed by atoms with van der Waals surface area (Å²) in [7, 11) is 3.29. The Hall–Kier alpha value is -4.14. The number of anilines is 1. The van der Waals surface area contributed by atoms with Gasteiger partial charge >= 0.3 is 6.03 Å². The van der Waals surface area contributed by atoms with Gasteiger partial charge in [0.1, 0.15) is 5.75 Å². The first kappa shape index (κ1) is 22.5. The molecular formula is C23H26N6O3. The molecule has 166 valence electrons. The van der Waals surface area contributed by atoms with Crippen LogP contribution in [0.5, 0.6) is 5.75 Å². The third-order valence-corrected chi connectivity index (χ3v) is 4.84. The van der Waals surface area contributed by atoms with E-state index in [0.717, 1.165) is 16.7 Å². The fraction of sp³-hybridized carbons (Fsp3) is 0.217. The van der Waals surface area contributed by atoms with Crippen LogP contribution >= 0.6 is 0 Å². The third kappa shape index (κ3) is 4.46. The Kier molecular flexibility index (Phi) is 6.58. The predicted octanol–water partition coefficient (Wildman–Crippen LogP) is 3.78. The summed E-state index contributed by atoms with van der Waals surface area (Å²) < 4.78 is 6.85. The number of fused-ring (bicyclic) bond motifs is 1. The Bertz CT molecular complexity index is 1330. The minimum absolute atomic E-state index is 0. The van der Waals surface area contributed by atoms with Crippen LogP contribution in [-0.4, -0.2) is 39.2 Å². The quantitative estimate of drug-likeness (QED) is 0.442. The number of pyridine rings is 2. The molecule has 9 nitrogen and oxygen atoms in total. The summed E-state index contributed by atoms with van der Waals surface area (Å²) in [6.45, 7) is 2.33. The number of carbonyl (C=O) groups excluding carboxylic acids is 1. The standard InChI is InChI=1S/C22H22N6O3.CH4/c1-4-23-22(30)27-21-25-18-10-14(13-6-8-28(2)19(29)11-13)9-16(20(18)26-21)17-12-15(31-3)5-7-24-17;/h5-12H,4H2,1-3H3,(H3,23,25,26,27,30);1H4. The molecule has 0 spiro atoms. The van der Waals surface area contributed by atoms with Crippen molar-refractivity contribution < 1.29 is 9.53 Å². The molecule has 0 radical (unpaired) electrons. The van der Waals surface area contributed by atoms with Crippen molar-refractivity contribution in [2.24, 2.45) is 7.05 Å². The van der Waals surface area contributed by atoms with Crippen molar-refractivity contribution in [1.29, 1.82) is 0 Å². The van der Waals surface area contributed by atoms with E-state index in [1.165, 1.54) is 4.57 Å². The average Bonchev–Trinajstić information content (AvgIpc) is 3.17. The van der Waals surface area contributed by atoms with Crippen molar-refractivity contribution in [2.75, 3.05) is 19.0 Å². The van der Waals surface area contributed by atoms with E-state index in [0.29, 0.717) is 35.0 Å². The van der Waals surface area contributed by atoms with Crippen LogP contribution in [0, 0.1) is 0 Å². The van der Waals surface area contributed by atoms with E-state index >= 15 is 0 Å². The first-order valence-electron chi connectivity index (χ1n) is 9.74. The Morgan fingerprint density at radius 3 is 2.72 bits per heavy atom. The van der Waals surface area contributed by atoms with E-state index in [1.54, 1.807) is 38.7 Å². The molecule has 0 aliphatic carbocycles. The molecule has 32 heavy (non-hydrogen) atoms. The van der Waals surface area contributed by atoms with Crippen LogP contribution in [0.15, 0.2) is 53.6 Å². The number of urea groups is 1. The van der Waals surface area contributed by atoms with Crippen LogP contribution in [-0.2, 0) is 7.05 Å². The lowest BCUT2D eigenvalue weighted by Crippen LogP contribution is -2.28. The summed E-state index contributed by atoms with van der Waals surface area (Å²) in [6, 6.07) is 10.5. The number of aryl methyl sites for hydroxylation is 1. The van der Waals surface area contributed by atoms with Crippen LogP contribution in [0.4, 0.5) is 10.7 Å². The van der Waals surface area contributed by atoms with Crippen LogP contribution in [0.1, 0.15) is 14.4 Å². The van der Waals surface area contributed by atoms with Gasteiger partial charge in [0.05, 0.1) is 23.8 Å². The van der Waals surface area contributed by atoms with Crippen molar-refractivity contribution in [1.82, 2.24) is 24.8 Å². The van der Waals surface area contributed by atoms with Gasteiger partial charge in [-0.15, -0.1) is 0 Å². The van der Waals surface area contributed by atoms with Crippen molar-refractivity contribution in [3.8, 4) is 28.1 Å². The van der Waals surface area contributed by atoms with Gasteiger partial charge in [0.15, 0.2) is 0 Å². The number of rotatable bonds is 5. The molecule has 0 aliphatic rings. The molecule has 0 atom stereocenters.